The molecule has 0 saturated carbocycles. The first-order valence-electron chi connectivity index (χ1n) is 9.44. The molecule has 6 nitrogen and oxygen atoms in total. The van der Waals surface area contributed by atoms with Crippen molar-refractivity contribution in [1.82, 2.24) is 10.6 Å². The molecule has 146 valence electrons. The number of ether oxygens (including phenoxy) is 2. The van der Waals surface area contributed by atoms with Gasteiger partial charge in [0.2, 0.25) is 11.8 Å². The Morgan fingerprint density at radius 2 is 1.96 bits per heavy atom. The number of carbonyl (C=O) groups is 2. The van der Waals surface area contributed by atoms with Crippen LogP contribution in [0.4, 0.5) is 0 Å². The molecule has 4 atom stereocenters. The van der Waals surface area contributed by atoms with Gasteiger partial charge in [-0.05, 0) is 43.2 Å². The molecule has 0 aromatic heterocycles. The fourth-order valence-corrected chi connectivity index (χ4v) is 4.17. The number of carbonyl (C=O) groups excluding carboxylic acids is 2. The zero-order valence-corrected chi connectivity index (χ0v) is 16.2. The number of hydrogen-bond acceptors (Lipinski definition) is 4. The smallest absolute Gasteiger partial charge is 0.236 e. The normalized spacial score (nSPS) is 26.3. The molecule has 2 aliphatic heterocycles. The number of rotatable bonds is 4. The van der Waals surface area contributed by atoms with Gasteiger partial charge in [-0.2, -0.15) is 0 Å². The molecule has 2 aliphatic rings. The zero-order valence-electron chi connectivity index (χ0n) is 16.2. The lowest BCUT2D eigenvalue weighted by molar-refractivity contribution is -0.147. The van der Waals surface area contributed by atoms with E-state index < -0.39 is 11.6 Å². The summed E-state index contributed by atoms with van der Waals surface area (Å²) in [5.41, 5.74) is 1.07. The molecular weight excluding hydrogens is 356 g/mol. The lowest BCUT2D eigenvalue weighted by atomic mass is 9.74. The van der Waals surface area contributed by atoms with Crippen LogP contribution >= 0.6 is 0 Å². The summed E-state index contributed by atoms with van der Waals surface area (Å²) in [6.07, 6.45) is 0.560. The fraction of sp³-hybridized carbons (Fsp3) is 0.364. The van der Waals surface area contributed by atoms with Gasteiger partial charge in [-0.25, -0.2) is 0 Å². The van der Waals surface area contributed by atoms with E-state index in [1.165, 1.54) is 0 Å². The van der Waals surface area contributed by atoms with Gasteiger partial charge in [0, 0.05) is 12.3 Å². The standard InChI is InChI=1S/C22H24N2O4/c1-13(14-8-10-15(27-3)11-9-14)23-20(25)19-17-12-22(2,24-21(19)26)28-18-7-5-4-6-16(17)18/h4-11,13,17,19H,12H2,1-3H3,(H,23,25)(H,24,26)/t13-,17-,19+,22+/m0/s1. The summed E-state index contributed by atoms with van der Waals surface area (Å²) >= 11 is 0. The second kappa shape index (κ2) is 6.86. The summed E-state index contributed by atoms with van der Waals surface area (Å²) < 4.78 is 11.2. The lowest BCUT2D eigenvalue weighted by Gasteiger charge is -2.46. The molecule has 6 heteroatoms. The Balaban J connectivity index is 1.57. The SMILES string of the molecule is COc1ccc([C@H](C)NC(=O)[C@@H]2C(=O)N[C@@]3(C)C[C@H]2c2ccccc2O3)cc1. The van der Waals surface area contributed by atoms with Crippen molar-refractivity contribution in [3.05, 3.63) is 59.7 Å². The predicted octanol–water partition coefficient (Wildman–Crippen LogP) is 2.90. The number of fused-ring (bicyclic) bond motifs is 4. The van der Waals surface area contributed by atoms with E-state index in [1.54, 1.807) is 7.11 Å². The summed E-state index contributed by atoms with van der Waals surface area (Å²) in [6, 6.07) is 14.9. The van der Waals surface area contributed by atoms with Gasteiger partial charge in [0.1, 0.15) is 17.4 Å². The Morgan fingerprint density at radius 1 is 1.25 bits per heavy atom. The maximum absolute atomic E-state index is 13.1. The number of hydrogen-bond donors (Lipinski definition) is 2. The third kappa shape index (κ3) is 3.19. The van der Waals surface area contributed by atoms with E-state index in [0.29, 0.717) is 6.42 Å². The van der Waals surface area contributed by atoms with Crippen LogP contribution in [0.2, 0.25) is 0 Å². The van der Waals surface area contributed by atoms with Crippen molar-refractivity contribution in [2.45, 2.75) is 38.0 Å². The van der Waals surface area contributed by atoms with Gasteiger partial charge in [-0.3, -0.25) is 9.59 Å². The van der Waals surface area contributed by atoms with Crippen LogP contribution in [-0.2, 0) is 9.59 Å². The van der Waals surface area contributed by atoms with E-state index in [0.717, 1.165) is 22.6 Å². The van der Waals surface area contributed by atoms with Crippen LogP contribution in [0, 0.1) is 5.92 Å². The molecule has 2 aromatic rings. The minimum absolute atomic E-state index is 0.216. The highest BCUT2D eigenvalue weighted by Crippen LogP contribution is 2.46. The maximum atomic E-state index is 13.1. The molecule has 0 aliphatic carbocycles. The summed E-state index contributed by atoms with van der Waals surface area (Å²) in [5, 5.41) is 5.88. The predicted molar refractivity (Wildman–Crippen MR) is 104 cm³/mol. The van der Waals surface area contributed by atoms with Gasteiger partial charge in [-0.15, -0.1) is 0 Å². The van der Waals surface area contributed by atoms with Crippen molar-refractivity contribution in [1.29, 1.82) is 0 Å². The van der Waals surface area contributed by atoms with Crippen molar-refractivity contribution >= 4 is 11.8 Å². The molecule has 1 fully saturated rings. The number of para-hydroxylation sites is 1. The average Bonchev–Trinajstić information content (AvgIpc) is 2.67. The van der Waals surface area contributed by atoms with E-state index in [4.69, 9.17) is 9.47 Å². The number of benzene rings is 2. The molecule has 0 radical (unpaired) electrons. The first-order valence-corrected chi connectivity index (χ1v) is 9.44. The molecule has 2 amide bonds. The van der Waals surface area contributed by atoms with Gasteiger partial charge in [0.15, 0.2) is 5.72 Å². The lowest BCUT2D eigenvalue weighted by Crippen LogP contribution is -2.63. The molecule has 28 heavy (non-hydrogen) atoms. The Kier molecular flexibility index (Phi) is 4.49. The highest BCUT2D eigenvalue weighted by molar-refractivity contribution is 6.02. The topological polar surface area (TPSA) is 76.7 Å². The van der Waals surface area contributed by atoms with E-state index in [9.17, 15) is 9.59 Å². The summed E-state index contributed by atoms with van der Waals surface area (Å²) in [7, 11) is 1.61. The van der Waals surface area contributed by atoms with Gasteiger partial charge in [0.25, 0.3) is 0 Å². The highest BCUT2D eigenvalue weighted by atomic mass is 16.5. The highest BCUT2D eigenvalue weighted by Gasteiger charge is 2.51. The second-order valence-electron chi connectivity index (χ2n) is 7.65. The quantitative estimate of drug-likeness (QED) is 0.800. The first-order chi connectivity index (χ1) is 13.4. The second-order valence-corrected chi connectivity index (χ2v) is 7.65. The zero-order chi connectivity index (χ0) is 19.9. The van der Waals surface area contributed by atoms with Crippen LogP contribution in [0.15, 0.2) is 48.5 Å². The summed E-state index contributed by atoms with van der Waals surface area (Å²) in [4.78, 5) is 25.9. The van der Waals surface area contributed by atoms with Crippen molar-refractivity contribution in [2.75, 3.05) is 7.11 Å². The molecule has 2 heterocycles. The third-order valence-electron chi connectivity index (χ3n) is 5.59. The van der Waals surface area contributed by atoms with Gasteiger partial charge in [0.05, 0.1) is 13.2 Å². The van der Waals surface area contributed by atoms with Crippen molar-refractivity contribution in [3.8, 4) is 11.5 Å². The van der Waals surface area contributed by atoms with Crippen molar-refractivity contribution < 1.29 is 19.1 Å². The van der Waals surface area contributed by atoms with Crippen LogP contribution in [0.25, 0.3) is 0 Å². The third-order valence-corrected chi connectivity index (χ3v) is 5.59. The molecule has 2 aromatic carbocycles. The van der Waals surface area contributed by atoms with E-state index >= 15 is 0 Å². The average molecular weight is 380 g/mol. The number of piperidine rings is 1. The van der Waals surface area contributed by atoms with Gasteiger partial charge >= 0.3 is 0 Å². The largest absolute Gasteiger partial charge is 0.497 e. The summed E-state index contributed by atoms with van der Waals surface area (Å²) in [5.74, 6) is -0.0999. The molecule has 4 rings (SSSR count). The number of amides is 2. The van der Waals surface area contributed by atoms with Gasteiger partial charge < -0.3 is 20.1 Å². The van der Waals surface area contributed by atoms with Crippen LogP contribution in [0.5, 0.6) is 11.5 Å². The van der Waals surface area contributed by atoms with E-state index in [1.807, 2.05) is 62.4 Å². The van der Waals surface area contributed by atoms with E-state index in [2.05, 4.69) is 10.6 Å². The number of methoxy groups -OCH3 is 1. The van der Waals surface area contributed by atoms with Crippen LogP contribution in [-0.4, -0.2) is 24.6 Å². The van der Waals surface area contributed by atoms with Crippen LogP contribution < -0.4 is 20.1 Å². The van der Waals surface area contributed by atoms with E-state index in [-0.39, 0.29) is 23.8 Å². The number of nitrogens with one attached hydrogen (secondary N) is 2. The monoisotopic (exact) mass is 380 g/mol. The Bertz CT molecular complexity index is 911. The minimum Gasteiger partial charge on any atom is -0.497 e. The molecule has 2 bridgehead atoms. The molecule has 2 N–H and O–H groups in total. The molecule has 1 saturated heterocycles. The Morgan fingerprint density at radius 3 is 2.68 bits per heavy atom. The Hall–Kier alpha value is -3.02. The maximum Gasteiger partial charge on any atom is 0.236 e. The molecule has 0 spiro atoms. The van der Waals surface area contributed by atoms with Gasteiger partial charge in [-0.1, -0.05) is 30.3 Å². The van der Waals surface area contributed by atoms with Crippen molar-refractivity contribution in [2.24, 2.45) is 5.92 Å². The van der Waals surface area contributed by atoms with Crippen LogP contribution in [0.3, 0.4) is 0 Å². The van der Waals surface area contributed by atoms with Crippen LogP contribution in [0.1, 0.15) is 43.4 Å². The fourth-order valence-electron chi connectivity index (χ4n) is 4.17. The Labute approximate surface area is 164 Å². The molecule has 0 unspecified atom stereocenters. The minimum atomic E-state index is -0.793. The summed E-state index contributed by atoms with van der Waals surface area (Å²) in [6.45, 7) is 3.75. The van der Waals surface area contributed by atoms with Crippen molar-refractivity contribution in [3.63, 3.8) is 0 Å². The first kappa shape index (κ1) is 18.3. The molecular formula is C22H24N2O4.